The van der Waals surface area contributed by atoms with Crippen molar-refractivity contribution in [3.05, 3.63) is 40.7 Å². The third kappa shape index (κ3) is 1.82. The summed E-state index contributed by atoms with van der Waals surface area (Å²) < 4.78 is 16.6. The average molecular weight is 369 g/mol. The number of allylic oxidation sites excluding steroid dienone is 1. The molecular weight excluding hydrogens is 348 g/mol. The van der Waals surface area contributed by atoms with Crippen molar-refractivity contribution in [3.8, 4) is 0 Å². The Kier molecular flexibility index (Phi) is 3.25. The van der Waals surface area contributed by atoms with Crippen molar-refractivity contribution in [2.45, 2.75) is 44.6 Å². The van der Waals surface area contributed by atoms with Crippen LogP contribution in [0.4, 0.5) is 0 Å². The molecule has 6 nitrogen and oxygen atoms in total. The van der Waals surface area contributed by atoms with Gasteiger partial charge in [-0.15, -0.1) is 0 Å². The van der Waals surface area contributed by atoms with Crippen molar-refractivity contribution in [1.29, 1.82) is 0 Å². The van der Waals surface area contributed by atoms with Crippen LogP contribution >= 0.6 is 0 Å². The van der Waals surface area contributed by atoms with Crippen molar-refractivity contribution < 1.29 is 28.3 Å². The van der Waals surface area contributed by atoms with Gasteiger partial charge in [-0.1, -0.05) is 6.92 Å². The number of methoxy groups -OCH3 is 1. The topological polar surface area (TPSA) is 82.8 Å². The van der Waals surface area contributed by atoms with Gasteiger partial charge in [0.05, 0.1) is 12.0 Å². The van der Waals surface area contributed by atoms with E-state index in [1.54, 1.807) is 7.11 Å². The fraction of sp³-hybridized carbons (Fsp3) is 0.524. The molecule has 4 aliphatic rings. The summed E-state index contributed by atoms with van der Waals surface area (Å²) in [6.07, 6.45) is 4.52. The number of cyclic esters (lactones) is 1. The van der Waals surface area contributed by atoms with E-state index < -0.39 is 22.9 Å². The number of ether oxygens (including phenoxy) is 2. The molecule has 0 bridgehead atoms. The zero-order chi connectivity index (χ0) is 19.1. The van der Waals surface area contributed by atoms with Crippen LogP contribution in [0.5, 0.6) is 0 Å². The van der Waals surface area contributed by atoms with Crippen LogP contribution < -0.4 is 0 Å². The Bertz CT molecular complexity index is 936. The molecule has 1 saturated carbocycles. The van der Waals surface area contributed by atoms with Gasteiger partial charge in [-0.2, -0.15) is 0 Å². The Labute approximate surface area is 156 Å². The van der Waals surface area contributed by atoms with E-state index in [-0.39, 0.29) is 29.9 Å². The van der Waals surface area contributed by atoms with Crippen molar-refractivity contribution in [3.63, 3.8) is 0 Å². The van der Waals surface area contributed by atoms with Gasteiger partial charge >= 0.3 is 5.97 Å². The van der Waals surface area contributed by atoms with E-state index in [0.717, 1.165) is 5.57 Å². The fourth-order valence-corrected chi connectivity index (χ4v) is 5.62. The van der Waals surface area contributed by atoms with Gasteiger partial charge in [0.25, 0.3) is 0 Å². The molecule has 0 unspecified atom stereocenters. The van der Waals surface area contributed by atoms with Crippen LogP contribution in [0.1, 0.15) is 59.6 Å². The number of hydrogen-bond acceptors (Lipinski definition) is 6. The zero-order valence-electron chi connectivity index (χ0n) is 15.6. The minimum atomic E-state index is -0.724. The van der Waals surface area contributed by atoms with Crippen molar-refractivity contribution in [1.82, 2.24) is 0 Å². The maximum atomic E-state index is 13.4. The lowest BCUT2D eigenvalue weighted by molar-refractivity contribution is -0.126. The number of carbonyl (C=O) groups is 3. The Morgan fingerprint density at radius 2 is 2.04 bits per heavy atom. The smallest absolute Gasteiger partial charge is 0.342 e. The minimum absolute atomic E-state index is 0.128. The van der Waals surface area contributed by atoms with Gasteiger partial charge in [0.1, 0.15) is 23.7 Å². The fourth-order valence-electron chi connectivity index (χ4n) is 5.62. The number of hydrogen-bond donors (Lipinski definition) is 0. The molecule has 1 fully saturated rings. The van der Waals surface area contributed by atoms with E-state index in [9.17, 15) is 14.4 Å². The highest BCUT2D eigenvalue weighted by Crippen LogP contribution is 2.60. The normalized spacial score (nSPS) is 37.1. The van der Waals surface area contributed by atoms with E-state index in [1.807, 2.05) is 20.3 Å². The highest BCUT2D eigenvalue weighted by Gasteiger charge is 2.61. The summed E-state index contributed by atoms with van der Waals surface area (Å²) in [5.74, 6) is -0.398. The minimum Gasteiger partial charge on any atom is -0.460 e. The molecule has 1 aromatic heterocycles. The van der Waals surface area contributed by atoms with Crippen LogP contribution in [0.3, 0.4) is 0 Å². The number of ketones is 2. The standard InChI is InChI=1S/C21H21O6/c1-20-7-6-12-15(11(20)4-5-13(20)22)17(23)18-16-10(8-26-18)19(24)27-14(9-25-3)21(12,16)2/h6,8,11,14H,4-5,7,9H2,1-3H3/t11-,14+,20-,21-/m0/s1. The third-order valence-electron chi connectivity index (χ3n) is 7.19. The second-order valence-corrected chi connectivity index (χ2v) is 8.40. The predicted octanol–water partition coefficient (Wildman–Crippen LogP) is 2.81. The van der Waals surface area contributed by atoms with Crippen molar-refractivity contribution in [2.75, 3.05) is 13.7 Å². The van der Waals surface area contributed by atoms with E-state index in [0.29, 0.717) is 36.0 Å². The number of esters is 1. The maximum absolute atomic E-state index is 13.4. The van der Waals surface area contributed by atoms with E-state index in [2.05, 4.69) is 0 Å². The Morgan fingerprint density at radius 3 is 2.78 bits per heavy atom. The number of rotatable bonds is 2. The highest BCUT2D eigenvalue weighted by molar-refractivity contribution is 6.14. The predicted molar refractivity (Wildman–Crippen MR) is 93.3 cm³/mol. The Morgan fingerprint density at radius 1 is 1.26 bits per heavy atom. The monoisotopic (exact) mass is 369 g/mol. The summed E-state index contributed by atoms with van der Waals surface area (Å²) >= 11 is 0. The van der Waals surface area contributed by atoms with Crippen LogP contribution in [0, 0.1) is 17.8 Å². The first-order valence-electron chi connectivity index (χ1n) is 9.31. The van der Waals surface area contributed by atoms with Gasteiger partial charge in [0, 0.05) is 36.0 Å². The second kappa shape index (κ2) is 5.19. The third-order valence-corrected chi connectivity index (χ3v) is 7.19. The lowest BCUT2D eigenvalue weighted by Gasteiger charge is -2.49. The van der Waals surface area contributed by atoms with Crippen molar-refractivity contribution >= 4 is 17.5 Å². The van der Waals surface area contributed by atoms with Gasteiger partial charge < -0.3 is 13.9 Å². The van der Waals surface area contributed by atoms with Crippen LogP contribution in [0.25, 0.3) is 0 Å². The molecule has 4 atom stereocenters. The molecule has 1 aromatic rings. The quantitative estimate of drug-likeness (QED) is 0.746. The molecular formula is C21H21O6. The van der Waals surface area contributed by atoms with Crippen LogP contribution in [-0.2, 0) is 19.7 Å². The summed E-state index contributed by atoms with van der Waals surface area (Å²) in [6, 6.07) is 0. The van der Waals surface area contributed by atoms with Gasteiger partial charge in [0.2, 0.25) is 5.78 Å². The molecule has 141 valence electrons. The Hall–Kier alpha value is -2.21. The molecule has 27 heavy (non-hydrogen) atoms. The molecule has 0 amide bonds. The number of furan rings is 1. The van der Waals surface area contributed by atoms with Crippen LogP contribution in [-0.4, -0.2) is 37.4 Å². The molecule has 0 saturated heterocycles. The molecule has 5 rings (SSSR count). The summed E-state index contributed by atoms with van der Waals surface area (Å²) in [7, 11) is 1.56. The molecule has 1 radical (unpaired) electrons. The molecule has 0 spiro atoms. The number of carbonyl (C=O) groups excluding carboxylic acids is 3. The van der Waals surface area contributed by atoms with Gasteiger partial charge in [0.15, 0.2) is 5.76 Å². The summed E-state index contributed by atoms with van der Waals surface area (Å²) in [4.78, 5) is 38.4. The first-order valence-corrected chi connectivity index (χ1v) is 9.31. The number of fused-ring (bicyclic) bond motifs is 3. The van der Waals surface area contributed by atoms with Gasteiger partial charge in [-0.3, -0.25) is 9.59 Å². The lowest BCUT2D eigenvalue weighted by Crippen LogP contribution is -2.53. The average Bonchev–Trinajstić information content (AvgIpc) is 3.21. The molecule has 2 heterocycles. The van der Waals surface area contributed by atoms with Gasteiger partial charge in [-0.05, 0) is 31.8 Å². The Balaban J connectivity index is 1.78. The molecule has 1 aliphatic heterocycles. The first-order chi connectivity index (χ1) is 12.8. The number of Topliss-reactive ketones (excluding diaryl/α,β-unsaturated/α-hetero) is 2. The largest absolute Gasteiger partial charge is 0.460 e. The molecule has 0 N–H and O–H groups in total. The van der Waals surface area contributed by atoms with Crippen LogP contribution in [0.2, 0.25) is 0 Å². The summed E-state index contributed by atoms with van der Waals surface area (Å²) in [6.45, 7) is 4.16. The SMILES string of the molecule is COC[C@H]1OC(=O)c2coc3c2[C@@]1(C)C1=C(C3=O)[C@@H]2CCC(=O)[C@@]2(C)C[CH]1. The lowest BCUT2D eigenvalue weighted by atomic mass is 9.55. The summed E-state index contributed by atoms with van der Waals surface area (Å²) in [5.41, 5.74) is 1.18. The highest BCUT2D eigenvalue weighted by atomic mass is 16.6. The summed E-state index contributed by atoms with van der Waals surface area (Å²) in [5, 5.41) is 0. The van der Waals surface area contributed by atoms with Crippen LogP contribution in [0.15, 0.2) is 21.8 Å². The first kappa shape index (κ1) is 16.9. The van der Waals surface area contributed by atoms with Crippen molar-refractivity contribution in [2.24, 2.45) is 11.3 Å². The molecule has 0 aromatic carbocycles. The second-order valence-electron chi connectivity index (χ2n) is 8.40. The zero-order valence-corrected chi connectivity index (χ0v) is 15.6. The van der Waals surface area contributed by atoms with E-state index in [4.69, 9.17) is 13.9 Å². The molecule has 3 aliphatic carbocycles. The maximum Gasteiger partial charge on any atom is 0.342 e. The van der Waals surface area contributed by atoms with Gasteiger partial charge in [-0.25, -0.2) is 4.79 Å². The molecule has 6 heteroatoms. The van der Waals surface area contributed by atoms with E-state index >= 15 is 0 Å². The van der Waals surface area contributed by atoms with E-state index in [1.165, 1.54) is 6.26 Å².